The van der Waals surface area contributed by atoms with Crippen molar-refractivity contribution in [3.8, 4) is 5.88 Å². The number of aryl methyl sites for hydroxylation is 1. The van der Waals surface area contributed by atoms with E-state index in [1.807, 2.05) is 12.1 Å². The SMILES string of the molecule is CN1CCOC(CCn2c(CN3CCC(c4cccc(OCc5ccc(Cl)cc5F)n4)CC3)nc3ccc(C(=O)O)cc32)C1. The standard InChI is InChI=1S/C33H37ClFN5O4/c1-38-15-16-43-26(19-38)11-14-40-30-17-23(33(41)42)6-8-29(30)36-31(40)20-39-12-9-22(10-13-39)28-3-2-4-32(37-28)44-21-24-5-7-25(34)18-27(24)35/h2-8,17-18,22,26H,9-16,19-21H2,1H3,(H,41,42). The fourth-order valence-corrected chi connectivity index (χ4v) is 6.27. The van der Waals surface area contributed by atoms with E-state index in [1.54, 1.807) is 36.4 Å². The van der Waals surface area contributed by atoms with E-state index >= 15 is 0 Å². The average Bonchev–Trinajstić information content (AvgIpc) is 3.36. The Bertz CT molecular complexity index is 1620. The zero-order valence-electron chi connectivity index (χ0n) is 24.8. The van der Waals surface area contributed by atoms with Crippen molar-refractivity contribution in [2.45, 2.75) is 51.0 Å². The highest BCUT2D eigenvalue weighted by molar-refractivity contribution is 6.30. The Kier molecular flexibility index (Phi) is 9.42. The maximum Gasteiger partial charge on any atom is 0.335 e. The summed E-state index contributed by atoms with van der Waals surface area (Å²) in [6, 6.07) is 15.5. The number of piperidine rings is 1. The quantitative estimate of drug-likeness (QED) is 0.245. The van der Waals surface area contributed by atoms with Crippen LogP contribution in [0, 0.1) is 5.82 Å². The summed E-state index contributed by atoms with van der Waals surface area (Å²) in [6.45, 7) is 5.77. The summed E-state index contributed by atoms with van der Waals surface area (Å²) in [7, 11) is 2.11. The number of aromatic carboxylic acids is 1. The highest BCUT2D eigenvalue weighted by Gasteiger charge is 2.25. The predicted molar refractivity (Wildman–Crippen MR) is 166 cm³/mol. The number of hydrogen-bond donors (Lipinski definition) is 1. The number of aromatic nitrogens is 3. The number of rotatable bonds is 10. The molecule has 0 bridgehead atoms. The Labute approximate surface area is 261 Å². The van der Waals surface area contributed by atoms with Crippen molar-refractivity contribution in [3.05, 3.63) is 88.1 Å². The van der Waals surface area contributed by atoms with E-state index in [2.05, 4.69) is 21.4 Å². The maximum atomic E-state index is 14.2. The first kappa shape index (κ1) is 30.5. The summed E-state index contributed by atoms with van der Waals surface area (Å²) in [4.78, 5) is 26.1. The number of imidazole rings is 1. The minimum Gasteiger partial charge on any atom is -0.478 e. The molecular weight excluding hydrogens is 585 g/mol. The Morgan fingerprint density at radius 1 is 1.11 bits per heavy atom. The number of pyridine rings is 1. The third kappa shape index (κ3) is 7.21. The third-order valence-corrected chi connectivity index (χ3v) is 8.83. The monoisotopic (exact) mass is 621 g/mol. The van der Waals surface area contributed by atoms with Gasteiger partial charge in [0.2, 0.25) is 5.88 Å². The lowest BCUT2D eigenvalue weighted by Crippen LogP contribution is -2.40. The molecule has 1 N–H and O–H groups in total. The largest absolute Gasteiger partial charge is 0.478 e. The summed E-state index contributed by atoms with van der Waals surface area (Å²) in [5, 5.41) is 9.96. The van der Waals surface area contributed by atoms with Gasteiger partial charge in [-0.05, 0) is 75.8 Å². The molecule has 232 valence electrons. The van der Waals surface area contributed by atoms with Crippen LogP contribution in [0.25, 0.3) is 11.0 Å². The summed E-state index contributed by atoms with van der Waals surface area (Å²) in [6.07, 6.45) is 2.84. The third-order valence-electron chi connectivity index (χ3n) is 8.60. The van der Waals surface area contributed by atoms with Crippen LogP contribution < -0.4 is 4.74 Å². The molecule has 11 heteroatoms. The second-order valence-corrected chi connectivity index (χ2v) is 12.1. The Hall–Kier alpha value is -3.57. The first-order chi connectivity index (χ1) is 21.3. The van der Waals surface area contributed by atoms with E-state index in [9.17, 15) is 14.3 Å². The van der Waals surface area contributed by atoms with Crippen LogP contribution in [0.1, 0.15) is 52.6 Å². The molecule has 2 saturated heterocycles. The molecule has 44 heavy (non-hydrogen) atoms. The number of carboxylic acids is 1. The van der Waals surface area contributed by atoms with Gasteiger partial charge in [0.05, 0.1) is 35.9 Å². The van der Waals surface area contributed by atoms with E-state index in [0.717, 1.165) is 74.6 Å². The van der Waals surface area contributed by atoms with Gasteiger partial charge in [0.15, 0.2) is 0 Å². The summed E-state index contributed by atoms with van der Waals surface area (Å²) < 4.78 is 28.2. The van der Waals surface area contributed by atoms with Gasteiger partial charge in [0.1, 0.15) is 18.2 Å². The van der Waals surface area contributed by atoms with Gasteiger partial charge in [-0.2, -0.15) is 0 Å². The Morgan fingerprint density at radius 3 is 2.73 bits per heavy atom. The van der Waals surface area contributed by atoms with Gasteiger partial charge in [-0.3, -0.25) is 4.90 Å². The molecule has 0 saturated carbocycles. The number of hydrogen-bond acceptors (Lipinski definition) is 7. The van der Waals surface area contributed by atoms with E-state index in [0.29, 0.717) is 35.5 Å². The molecule has 2 aromatic heterocycles. The van der Waals surface area contributed by atoms with Crippen LogP contribution in [0.4, 0.5) is 4.39 Å². The second-order valence-electron chi connectivity index (χ2n) is 11.7. The fraction of sp³-hybridized carbons (Fsp3) is 0.424. The topological polar surface area (TPSA) is 93.0 Å². The van der Waals surface area contributed by atoms with Gasteiger partial charge in [-0.15, -0.1) is 0 Å². The van der Waals surface area contributed by atoms with Crippen LogP contribution >= 0.6 is 11.6 Å². The molecule has 0 spiro atoms. The first-order valence-electron chi connectivity index (χ1n) is 15.1. The lowest BCUT2D eigenvalue weighted by molar-refractivity contribution is -0.0250. The zero-order valence-corrected chi connectivity index (χ0v) is 25.5. The number of nitrogens with zero attached hydrogens (tertiary/aromatic N) is 5. The molecule has 2 aliphatic heterocycles. The van der Waals surface area contributed by atoms with Gasteiger partial charge in [-0.1, -0.05) is 23.7 Å². The number of likely N-dealkylation sites (tertiary alicyclic amines) is 1. The minimum atomic E-state index is -0.944. The Balaban J connectivity index is 1.11. The summed E-state index contributed by atoms with van der Waals surface area (Å²) in [5.74, 6) is 0.363. The first-order valence-corrected chi connectivity index (χ1v) is 15.5. The number of ether oxygens (including phenoxy) is 2. The van der Waals surface area contributed by atoms with Crippen molar-refractivity contribution in [1.29, 1.82) is 0 Å². The van der Waals surface area contributed by atoms with E-state index in [-0.39, 0.29) is 18.3 Å². The lowest BCUT2D eigenvalue weighted by Gasteiger charge is -2.32. The normalized spacial score (nSPS) is 18.6. The average molecular weight is 622 g/mol. The van der Waals surface area contributed by atoms with Crippen molar-refractivity contribution < 1.29 is 23.8 Å². The molecule has 0 aliphatic carbocycles. The number of morpholine rings is 1. The molecule has 2 aliphatic rings. The molecule has 4 heterocycles. The van der Waals surface area contributed by atoms with Crippen LogP contribution in [0.3, 0.4) is 0 Å². The zero-order chi connectivity index (χ0) is 30.6. The van der Waals surface area contributed by atoms with Crippen molar-refractivity contribution in [2.75, 3.05) is 39.8 Å². The number of carbonyl (C=O) groups is 1. The van der Waals surface area contributed by atoms with Gasteiger partial charge in [0.25, 0.3) is 0 Å². The molecule has 0 radical (unpaired) electrons. The van der Waals surface area contributed by atoms with Gasteiger partial charge < -0.3 is 24.0 Å². The maximum absolute atomic E-state index is 14.2. The highest BCUT2D eigenvalue weighted by atomic mass is 35.5. The van der Waals surface area contributed by atoms with E-state index in [4.69, 9.17) is 31.0 Å². The fourth-order valence-electron chi connectivity index (χ4n) is 6.11. The number of likely N-dealkylation sites (N-methyl/N-ethyl adjacent to an activating group) is 1. The van der Waals surface area contributed by atoms with Crippen LogP contribution in [-0.4, -0.2) is 81.3 Å². The molecule has 4 aromatic rings. The number of fused-ring (bicyclic) bond motifs is 1. The molecule has 2 aromatic carbocycles. The molecule has 1 atom stereocenters. The lowest BCUT2D eigenvalue weighted by atomic mass is 9.93. The van der Waals surface area contributed by atoms with Gasteiger partial charge >= 0.3 is 5.97 Å². The smallest absolute Gasteiger partial charge is 0.335 e. The summed E-state index contributed by atoms with van der Waals surface area (Å²) >= 11 is 5.86. The second kappa shape index (κ2) is 13.6. The van der Waals surface area contributed by atoms with Crippen LogP contribution in [-0.2, 0) is 24.4 Å². The molecule has 0 amide bonds. The van der Waals surface area contributed by atoms with Gasteiger partial charge in [-0.25, -0.2) is 19.2 Å². The van der Waals surface area contributed by atoms with E-state index in [1.165, 1.54) is 6.07 Å². The Morgan fingerprint density at radius 2 is 1.95 bits per heavy atom. The van der Waals surface area contributed by atoms with Crippen LogP contribution in [0.15, 0.2) is 54.6 Å². The van der Waals surface area contributed by atoms with Crippen molar-refractivity contribution in [2.24, 2.45) is 0 Å². The molecule has 2 fully saturated rings. The van der Waals surface area contributed by atoms with Crippen LogP contribution in [0.5, 0.6) is 5.88 Å². The predicted octanol–water partition coefficient (Wildman–Crippen LogP) is 5.60. The number of benzene rings is 2. The summed E-state index contributed by atoms with van der Waals surface area (Å²) in [5.41, 5.74) is 3.32. The minimum absolute atomic E-state index is 0.0798. The molecule has 9 nitrogen and oxygen atoms in total. The van der Waals surface area contributed by atoms with Crippen molar-refractivity contribution >= 4 is 28.6 Å². The highest BCUT2D eigenvalue weighted by Crippen LogP contribution is 2.30. The van der Waals surface area contributed by atoms with Crippen molar-refractivity contribution in [3.63, 3.8) is 0 Å². The van der Waals surface area contributed by atoms with Crippen molar-refractivity contribution in [1.82, 2.24) is 24.3 Å². The number of carboxylic acid groups (broad SMARTS) is 1. The molecule has 6 rings (SSSR count). The van der Waals surface area contributed by atoms with E-state index < -0.39 is 11.8 Å². The number of halogens is 2. The molecular formula is C33H37ClFN5O4. The molecule has 1 unspecified atom stereocenters. The van der Waals surface area contributed by atoms with Gasteiger partial charge in [0, 0.05) is 47.9 Å². The van der Waals surface area contributed by atoms with Crippen LogP contribution in [0.2, 0.25) is 5.02 Å².